The Labute approximate surface area is 178 Å². The molecule has 0 aliphatic rings. The van der Waals surface area contributed by atoms with Crippen molar-refractivity contribution in [3.8, 4) is 0 Å². The smallest absolute Gasteiger partial charge is 0.450 e. The van der Waals surface area contributed by atoms with Crippen LogP contribution in [0.1, 0.15) is 0 Å². The monoisotopic (exact) mass is 242 g/mol. The summed E-state index contributed by atoms with van der Waals surface area (Å²) in [7, 11) is 0. The van der Waals surface area contributed by atoms with Crippen molar-refractivity contribution in [2.45, 2.75) is 0 Å². The van der Waals surface area contributed by atoms with E-state index in [0.717, 1.165) is 0 Å². The van der Waals surface area contributed by atoms with Gasteiger partial charge in [-0.15, -0.1) is 0 Å². The maximum atomic E-state index is 8.56. The molecule has 0 rings (SSSR count). The first kappa shape index (κ1) is 29.2. The first-order valence-corrected chi connectivity index (χ1v) is 1.30. The standard InChI is InChI=1S/2CH2O3.Ca.2K/c2*2-1(3)4;;;/h2*(H2,2,3,4);;;. The van der Waals surface area contributed by atoms with E-state index in [4.69, 9.17) is 30.0 Å². The summed E-state index contributed by atoms with van der Waals surface area (Å²) in [6.07, 6.45) is -3.67. The van der Waals surface area contributed by atoms with Gasteiger partial charge in [0, 0.05) is 141 Å². The molecule has 0 aliphatic heterocycles. The van der Waals surface area contributed by atoms with Gasteiger partial charge in [0.25, 0.3) is 0 Å². The molecule has 4 N–H and O–H groups in total. The minimum Gasteiger partial charge on any atom is -0.450 e. The Morgan fingerprint density at radius 3 is 0.727 bits per heavy atom. The van der Waals surface area contributed by atoms with Gasteiger partial charge in [-0.1, -0.05) is 0 Å². The third-order valence-corrected chi connectivity index (χ3v) is 0. The molecule has 0 amide bonds. The van der Waals surface area contributed by atoms with Crippen LogP contribution in [0.2, 0.25) is 0 Å². The molecule has 52 valence electrons. The largest absolute Gasteiger partial charge is 0.503 e. The van der Waals surface area contributed by atoms with E-state index < -0.39 is 12.3 Å². The molecule has 6 nitrogen and oxygen atoms in total. The molecule has 0 saturated carbocycles. The summed E-state index contributed by atoms with van der Waals surface area (Å²) in [5, 5.41) is 27.9. The maximum absolute atomic E-state index is 8.56. The van der Waals surface area contributed by atoms with E-state index >= 15 is 0 Å². The van der Waals surface area contributed by atoms with Gasteiger partial charge in [-0.05, 0) is 0 Å². The number of carboxylic acid groups (broad SMARTS) is 4. The second-order valence-electron chi connectivity index (χ2n) is 0.565. The van der Waals surface area contributed by atoms with Crippen LogP contribution >= 0.6 is 0 Å². The predicted octanol–water partition coefficient (Wildman–Crippen LogP) is -0.698. The van der Waals surface area contributed by atoms with Gasteiger partial charge in [0.2, 0.25) is 0 Å². The predicted molar refractivity (Wildman–Crippen MR) is 38.6 cm³/mol. The van der Waals surface area contributed by atoms with Crippen molar-refractivity contribution in [3.63, 3.8) is 0 Å². The van der Waals surface area contributed by atoms with Gasteiger partial charge < -0.3 is 20.4 Å². The van der Waals surface area contributed by atoms with Crippen LogP contribution in [0.3, 0.4) is 0 Å². The number of hydrogen-bond donors (Lipinski definition) is 4. The molecule has 0 aliphatic carbocycles. The molecular formula is C2H4CaK2O6. The Bertz CT molecular complexity index is 76.6. The molecule has 0 aromatic heterocycles. The van der Waals surface area contributed by atoms with Gasteiger partial charge >= 0.3 is 12.3 Å². The van der Waals surface area contributed by atoms with E-state index in [2.05, 4.69) is 0 Å². The number of carbonyl (C=O) groups is 2. The molecule has 11 heavy (non-hydrogen) atoms. The molecular weight excluding hydrogens is 238 g/mol. The van der Waals surface area contributed by atoms with Crippen LogP contribution in [-0.2, 0) is 0 Å². The van der Waals surface area contributed by atoms with Gasteiger partial charge in [0.05, 0.1) is 0 Å². The fourth-order valence-corrected chi connectivity index (χ4v) is 0. The summed E-state index contributed by atoms with van der Waals surface area (Å²) >= 11 is 0. The van der Waals surface area contributed by atoms with Crippen LogP contribution < -0.4 is 0 Å². The quantitative estimate of drug-likeness (QED) is 0.418. The molecule has 0 saturated heterocycles. The molecule has 0 aromatic rings. The van der Waals surface area contributed by atoms with Crippen molar-refractivity contribution in [1.82, 2.24) is 0 Å². The third kappa shape index (κ3) is 170. The number of rotatable bonds is 0. The minimum atomic E-state index is -1.83. The first-order valence-electron chi connectivity index (χ1n) is 1.30. The average molecular weight is 242 g/mol. The van der Waals surface area contributed by atoms with E-state index in [-0.39, 0.29) is 141 Å². The Balaban J connectivity index is -0.0000000171. The van der Waals surface area contributed by atoms with E-state index in [1.165, 1.54) is 0 Å². The topological polar surface area (TPSA) is 115 Å². The van der Waals surface area contributed by atoms with Crippen molar-refractivity contribution >= 4 is 153 Å². The summed E-state index contributed by atoms with van der Waals surface area (Å²) in [6.45, 7) is 0. The van der Waals surface area contributed by atoms with Crippen molar-refractivity contribution in [1.29, 1.82) is 0 Å². The molecule has 0 atom stereocenters. The molecule has 0 bridgehead atoms. The summed E-state index contributed by atoms with van der Waals surface area (Å²) in [5.41, 5.74) is 0. The molecule has 0 fully saturated rings. The van der Waals surface area contributed by atoms with E-state index in [9.17, 15) is 0 Å². The second-order valence-corrected chi connectivity index (χ2v) is 0.565. The van der Waals surface area contributed by atoms with Crippen LogP contribution in [0.15, 0.2) is 0 Å². The minimum absolute atomic E-state index is 0. The van der Waals surface area contributed by atoms with Crippen LogP contribution in [0.5, 0.6) is 0 Å². The maximum Gasteiger partial charge on any atom is 0.503 e. The Kier molecular flexibility index (Phi) is 61.5. The molecule has 0 heterocycles. The summed E-state index contributed by atoms with van der Waals surface area (Å²) in [6, 6.07) is 0. The van der Waals surface area contributed by atoms with Crippen molar-refractivity contribution < 1.29 is 30.0 Å². The van der Waals surface area contributed by atoms with Gasteiger partial charge in [0.15, 0.2) is 0 Å². The second kappa shape index (κ2) is 23.1. The van der Waals surface area contributed by atoms with Gasteiger partial charge in [-0.3, -0.25) is 0 Å². The van der Waals surface area contributed by atoms with Crippen LogP contribution in [-0.4, -0.2) is 173 Å². The van der Waals surface area contributed by atoms with Gasteiger partial charge in [-0.2, -0.15) is 0 Å². The first-order chi connectivity index (χ1) is 3.46. The summed E-state index contributed by atoms with van der Waals surface area (Å²) in [4.78, 5) is 17.1. The number of hydrogen-bond acceptors (Lipinski definition) is 2. The Morgan fingerprint density at radius 1 is 0.727 bits per heavy atom. The van der Waals surface area contributed by atoms with Gasteiger partial charge in [0.1, 0.15) is 0 Å². The van der Waals surface area contributed by atoms with Crippen LogP contribution in [0, 0.1) is 0 Å². The zero-order valence-corrected chi connectivity index (χ0v) is 14.8. The molecule has 4 radical (unpaired) electrons. The Hall–Kier alpha value is 3.07. The van der Waals surface area contributed by atoms with Crippen molar-refractivity contribution in [2.75, 3.05) is 0 Å². The fraction of sp³-hybridized carbons (Fsp3) is 0. The molecule has 0 spiro atoms. The summed E-state index contributed by atoms with van der Waals surface area (Å²) in [5.74, 6) is 0. The average Bonchev–Trinajstić information content (AvgIpc) is 1.25. The molecule has 0 unspecified atom stereocenters. The SMILES string of the molecule is O=C(O)O.O=C(O)O.[Ca].[K].[K]. The summed E-state index contributed by atoms with van der Waals surface area (Å²) < 4.78 is 0. The van der Waals surface area contributed by atoms with Crippen molar-refractivity contribution in [2.24, 2.45) is 0 Å². The van der Waals surface area contributed by atoms with Crippen LogP contribution in [0.25, 0.3) is 0 Å². The van der Waals surface area contributed by atoms with Gasteiger partial charge in [-0.25, -0.2) is 9.59 Å². The van der Waals surface area contributed by atoms with Crippen LogP contribution in [0.4, 0.5) is 9.59 Å². The van der Waals surface area contributed by atoms with E-state index in [1.807, 2.05) is 0 Å². The third-order valence-electron chi connectivity index (χ3n) is 0. The Morgan fingerprint density at radius 2 is 0.727 bits per heavy atom. The van der Waals surface area contributed by atoms with E-state index in [1.54, 1.807) is 0 Å². The zero-order valence-electron chi connectivity index (χ0n) is 6.31. The zero-order chi connectivity index (χ0) is 7.15. The normalized spacial score (nSPS) is 4.36. The fourth-order valence-electron chi connectivity index (χ4n) is 0. The van der Waals surface area contributed by atoms with Crippen molar-refractivity contribution in [3.05, 3.63) is 0 Å². The molecule has 0 aromatic carbocycles. The van der Waals surface area contributed by atoms with E-state index in [0.29, 0.717) is 0 Å². The molecule has 9 heteroatoms.